The summed E-state index contributed by atoms with van der Waals surface area (Å²) >= 11 is 0. The molecule has 0 aromatic heterocycles. The Morgan fingerprint density at radius 3 is 1.03 bits per heavy atom. The van der Waals surface area contributed by atoms with E-state index < -0.39 is 22.1 Å². The summed E-state index contributed by atoms with van der Waals surface area (Å²) in [5.74, 6) is -0.741. The third-order valence-electron chi connectivity index (χ3n) is 6.60. The number of hydrogen-bond acceptors (Lipinski definition) is 4. The largest absolute Gasteiger partial charge is 0.344 e. The molecule has 4 nitrogen and oxygen atoms in total. The van der Waals surface area contributed by atoms with Crippen LogP contribution in [0.2, 0.25) is 0 Å². The first-order valence-electron chi connectivity index (χ1n) is 13.4. The van der Waals surface area contributed by atoms with Crippen molar-refractivity contribution in [2.24, 2.45) is 0 Å². The minimum absolute atomic E-state index is 0.228. The zero-order chi connectivity index (χ0) is 27.2. The first kappa shape index (κ1) is 28.1. The second-order valence-corrected chi connectivity index (χ2v) is 13.8. The van der Waals surface area contributed by atoms with E-state index in [2.05, 4.69) is 111 Å². The highest BCUT2D eigenvalue weighted by molar-refractivity contribution is 7.68. The molecule has 0 N–H and O–H groups in total. The van der Waals surface area contributed by atoms with Crippen molar-refractivity contribution in [1.82, 2.24) is 0 Å². The van der Waals surface area contributed by atoms with Gasteiger partial charge >= 0.3 is 0 Å². The van der Waals surface area contributed by atoms with Gasteiger partial charge in [0.25, 0.3) is 0 Å². The van der Waals surface area contributed by atoms with E-state index in [-0.39, 0.29) is 24.4 Å². The maximum Gasteiger partial charge on any atom is 0.164 e. The zero-order valence-electron chi connectivity index (χ0n) is 22.9. The van der Waals surface area contributed by atoms with Crippen LogP contribution in [0, 0.1) is 0 Å². The fourth-order valence-corrected chi connectivity index (χ4v) is 8.55. The van der Waals surface area contributed by atoms with Gasteiger partial charge in [-0.15, -0.1) is 0 Å². The summed E-state index contributed by atoms with van der Waals surface area (Å²) in [5.41, 5.74) is 0. The molecule has 0 saturated carbocycles. The Morgan fingerprint density at radius 2 is 0.769 bits per heavy atom. The molecule has 6 heteroatoms. The molecular formula is C33H36O4P2. The molecule has 0 bridgehead atoms. The van der Waals surface area contributed by atoms with E-state index in [1.54, 1.807) is 0 Å². The van der Waals surface area contributed by atoms with Crippen LogP contribution in [0.4, 0.5) is 0 Å². The van der Waals surface area contributed by atoms with Gasteiger partial charge in [0.2, 0.25) is 0 Å². The summed E-state index contributed by atoms with van der Waals surface area (Å²) in [6.07, 6.45) is -1.05. The normalized spacial score (nSPS) is 20.3. The fourth-order valence-electron chi connectivity index (χ4n) is 4.79. The van der Waals surface area contributed by atoms with Gasteiger partial charge in [0, 0.05) is 21.2 Å². The van der Waals surface area contributed by atoms with E-state index in [0.717, 1.165) is 0 Å². The molecule has 0 aliphatic carbocycles. The lowest BCUT2D eigenvalue weighted by Crippen LogP contribution is -2.42. The highest BCUT2D eigenvalue weighted by Gasteiger charge is 2.48. The van der Waals surface area contributed by atoms with Crippen molar-refractivity contribution >= 4 is 37.5 Å². The molecule has 1 fully saturated rings. The SMILES string of the molecule is C[C@@H](OP(c1ccccc1)c1ccccc1)[C@H]1OC(C)(C)O[C@@H]1[C@@H](C)OP(c1ccccc1)c1ccccc1. The van der Waals surface area contributed by atoms with E-state index in [0.29, 0.717) is 0 Å². The van der Waals surface area contributed by atoms with E-state index >= 15 is 0 Å². The topological polar surface area (TPSA) is 36.9 Å². The summed E-state index contributed by atoms with van der Waals surface area (Å²) in [6.45, 7) is 8.11. The smallest absolute Gasteiger partial charge is 0.164 e. The molecule has 39 heavy (non-hydrogen) atoms. The van der Waals surface area contributed by atoms with Gasteiger partial charge in [-0.05, 0) is 27.7 Å². The summed E-state index contributed by atoms with van der Waals surface area (Å²) < 4.78 is 26.7. The summed E-state index contributed by atoms with van der Waals surface area (Å²) in [6, 6.07) is 41.7. The molecule has 5 rings (SSSR count). The first-order valence-corrected chi connectivity index (χ1v) is 15.9. The first-order chi connectivity index (χ1) is 18.9. The Morgan fingerprint density at radius 1 is 0.513 bits per heavy atom. The Kier molecular flexibility index (Phi) is 9.25. The van der Waals surface area contributed by atoms with Gasteiger partial charge in [0.15, 0.2) is 5.79 Å². The van der Waals surface area contributed by atoms with Crippen LogP contribution in [0.1, 0.15) is 27.7 Å². The molecule has 0 spiro atoms. The Balaban J connectivity index is 1.39. The van der Waals surface area contributed by atoms with Crippen LogP contribution in [0.3, 0.4) is 0 Å². The fraction of sp³-hybridized carbons (Fsp3) is 0.273. The lowest BCUT2D eigenvalue weighted by atomic mass is 10.1. The minimum Gasteiger partial charge on any atom is -0.344 e. The van der Waals surface area contributed by atoms with Crippen LogP contribution in [0.25, 0.3) is 0 Å². The van der Waals surface area contributed by atoms with Crippen LogP contribution >= 0.6 is 16.3 Å². The van der Waals surface area contributed by atoms with Gasteiger partial charge in [-0.3, -0.25) is 0 Å². The average molecular weight is 559 g/mol. The highest BCUT2D eigenvalue weighted by Crippen LogP contribution is 2.44. The van der Waals surface area contributed by atoms with Crippen molar-refractivity contribution in [3.8, 4) is 0 Å². The van der Waals surface area contributed by atoms with Gasteiger partial charge in [0.05, 0.1) is 28.5 Å². The maximum atomic E-state index is 6.86. The van der Waals surface area contributed by atoms with Crippen molar-refractivity contribution in [1.29, 1.82) is 0 Å². The standard InChI is InChI=1S/C33H36O4P2/c1-25(36-38(27-17-9-5-10-18-27)28-19-11-6-12-20-28)31-32(35-33(3,4)34-31)26(2)37-39(29-21-13-7-14-22-29)30-23-15-8-16-24-30/h5-26,31-32H,1-4H3/t25-,26-,31-,32-/m1/s1. The van der Waals surface area contributed by atoms with E-state index in [1.807, 2.05) is 38.1 Å². The number of benzene rings is 4. The molecule has 1 heterocycles. The molecule has 1 aliphatic rings. The third kappa shape index (κ3) is 7.02. The lowest BCUT2D eigenvalue weighted by Gasteiger charge is -2.32. The summed E-state index contributed by atoms with van der Waals surface area (Å²) in [7, 11) is -2.07. The molecule has 1 saturated heterocycles. The Bertz CT molecular complexity index is 1110. The van der Waals surface area contributed by atoms with Crippen LogP contribution in [-0.4, -0.2) is 30.2 Å². The molecule has 0 unspecified atom stereocenters. The van der Waals surface area contributed by atoms with E-state index in [9.17, 15) is 0 Å². The van der Waals surface area contributed by atoms with Crippen molar-refractivity contribution < 1.29 is 18.5 Å². The summed E-state index contributed by atoms with van der Waals surface area (Å²) in [4.78, 5) is 0. The molecular weight excluding hydrogens is 522 g/mol. The van der Waals surface area contributed by atoms with Gasteiger partial charge in [-0.25, -0.2) is 0 Å². The molecule has 0 radical (unpaired) electrons. The molecule has 0 amide bonds. The van der Waals surface area contributed by atoms with Crippen LogP contribution in [0.5, 0.6) is 0 Å². The molecule has 4 aromatic rings. The predicted octanol–water partition coefficient (Wildman–Crippen LogP) is 6.41. The average Bonchev–Trinajstić information content (AvgIpc) is 3.32. The second-order valence-electron chi connectivity index (χ2n) is 10.1. The van der Waals surface area contributed by atoms with Crippen molar-refractivity contribution in [2.45, 2.75) is 57.9 Å². The van der Waals surface area contributed by atoms with Crippen molar-refractivity contribution in [3.05, 3.63) is 121 Å². The Hall–Kier alpha value is -2.42. The molecule has 1 aliphatic heterocycles. The molecule has 4 atom stereocenters. The Labute approximate surface area is 235 Å². The van der Waals surface area contributed by atoms with Crippen LogP contribution in [0.15, 0.2) is 121 Å². The maximum absolute atomic E-state index is 6.86. The third-order valence-corrected chi connectivity index (χ3v) is 10.8. The number of hydrogen-bond donors (Lipinski definition) is 0. The van der Waals surface area contributed by atoms with Crippen LogP contribution < -0.4 is 21.2 Å². The monoisotopic (exact) mass is 558 g/mol. The molecule has 4 aromatic carbocycles. The second kappa shape index (κ2) is 12.8. The summed E-state index contributed by atoms with van der Waals surface area (Å²) in [5, 5.41) is 4.67. The number of ether oxygens (including phenoxy) is 2. The van der Waals surface area contributed by atoms with Crippen molar-refractivity contribution in [3.63, 3.8) is 0 Å². The lowest BCUT2D eigenvalue weighted by molar-refractivity contribution is -0.156. The van der Waals surface area contributed by atoms with Gasteiger partial charge < -0.3 is 18.5 Å². The highest BCUT2D eigenvalue weighted by atomic mass is 31.1. The van der Waals surface area contributed by atoms with Gasteiger partial charge in [0.1, 0.15) is 12.2 Å². The minimum atomic E-state index is -1.04. The zero-order valence-corrected chi connectivity index (χ0v) is 24.7. The van der Waals surface area contributed by atoms with Crippen molar-refractivity contribution in [2.75, 3.05) is 0 Å². The molecule has 202 valence electrons. The van der Waals surface area contributed by atoms with Gasteiger partial charge in [-0.1, -0.05) is 121 Å². The van der Waals surface area contributed by atoms with E-state index in [4.69, 9.17) is 18.5 Å². The predicted molar refractivity (Wildman–Crippen MR) is 163 cm³/mol. The van der Waals surface area contributed by atoms with Gasteiger partial charge in [-0.2, -0.15) is 0 Å². The quantitative estimate of drug-likeness (QED) is 0.211. The van der Waals surface area contributed by atoms with Crippen LogP contribution in [-0.2, 0) is 18.5 Å². The van der Waals surface area contributed by atoms with E-state index in [1.165, 1.54) is 21.2 Å². The number of rotatable bonds is 10.